The van der Waals surface area contributed by atoms with Gasteiger partial charge in [-0.2, -0.15) is 0 Å². The minimum Gasteiger partial charge on any atom is -0.383 e. The quantitative estimate of drug-likeness (QED) is 0.738. The standard InChI is InChI=1S/C19H24N2O3/c1-23-14-18(20)19(22)21-11-16-8-5-9-17(10-16)13-24-12-15-6-3-2-4-7-15/h2-10,18H,11-14,20H2,1H3,(H,21,22). The maximum Gasteiger partial charge on any atom is 0.239 e. The molecule has 0 saturated carbocycles. The zero-order chi connectivity index (χ0) is 17.2. The molecular formula is C19H24N2O3. The number of amides is 1. The first-order valence-corrected chi connectivity index (χ1v) is 7.90. The van der Waals surface area contributed by atoms with Crippen molar-refractivity contribution in [3.63, 3.8) is 0 Å². The van der Waals surface area contributed by atoms with Crippen LogP contribution in [0, 0.1) is 0 Å². The van der Waals surface area contributed by atoms with Crippen molar-refractivity contribution in [2.24, 2.45) is 5.73 Å². The molecule has 1 unspecified atom stereocenters. The summed E-state index contributed by atoms with van der Waals surface area (Å²) in [5.74, 6) is -0.220. The van der Waals surface area contributed by atoms with Crippen LogP contribution in [0.25, 0.3) is 0 Å². The smallest absolute Gasteiger partial charge is 0.239 e. The van der Waals surface area contributed by atoms with Gasteiger partial charge in [0, 0.05) is 13.7 Å². The lowest BCUT2D eigenvalue weighted by Gasteiger charge is -2.12. The molecule has 5 heteroatoms. The fourth-order valence-electron chi connectivity index (χ4n) is 2.27. The van der Waals surface area contributed by atoms with Crippen molar-refractivity contribution in [1.29, 1.82) is 0 Å². The molecule has 0 bridgehead atoms. The van der Waals surface area contributed by atoms with E-state index in [1.807, 2.05) is 54.6 Å². The van der Waals surface area contributed by atoms with Crippen molar-refractivity contribution in [2.45, 2.75) is 25.8 Å². The molecule has 128 valence electrons. The summed E-state index contributed by atoms with van der Waals surface area (Å²) in [6, 6.07) is 17.4. The molecule has 0 heterocycles. The SMILES string of the molecule is COCC(N)C(=O)NCc1cccc(COCc2ccccc2)c1. The second-order valence-corrected chi connectivity index (χ2v) is 5.58. The number of methoxy groups -OCH3 is 1. The number of benzene rings is 2. The molecule has 5 nitrogen and oxygen atoms in total. The number of nitrogens with one attached hydrogen (secondary N) is 1. The van der Waals surface area contributed by atoms with E-state index in [9.17, 15) is 4.79 Å². The Hall–Kier alpha value is -2.21. The minimum absolute atomic E-state index is 0.208. The van der Waals surface area contributed by atoms with E-state index >= 15 is 0 Å². The van der Waals surface area contributed by atoms with E-state index in [4.69, 9.17) is 15.2 Å². The summed E-state index contributed by atoms with van der Waals surface area (Å²) in [4.78, 5) is 11.8. The van der Waals surface area contributed by atoms with Crippen LogP contribution in [0.15, 0.2) is 54.6 Å². The highest BCUT2D eigenvalue weighted by Gasteiger charge is 2.12. The fourth-order valence-corrected chi connectivity index (χ4v) is 2.27. The van der Waals surface area contributed by atoms with Gasteiger partial charge in [-0.3, -0.25) is 4.79 Å². The van der Waals surface area contributed by atoms with E-state index in [-0.39, 0.29) is 12.5 Å². The van der Waals surface area contributed by atoms with Gasteiger partial charge in [-0.1, -0.05) is 54.6 Å². The average molecular weight is 328 g/mol. The Morgan fingerprint density at radius 2 is 1.71 bits per heavy atom. The second kappa shape index (κ2) is 9.82. The Morgan fingerprint density at radius 3 is 2.46 bits per heavy atom. The third-order valence-electron chi connectivity index (χ3n) is 3.52. The number of ether oxygens (including phenoxy) is 2. The van der Waals surface area contributed by atoms with Crippen LogP contribution >= 0.6 is 0 Å². The lowest BCUT2D eigenvalue weighted by molar-refractivity contribution is -0.123. The zero-order valence-corrected chi connectivity index (χ0v) is 13.9. The molecule has 24 heavy (non-hydrogen) atoms. The van der Waals surface area contributed by atoms with Crippen molar-refractivity contribution in [3.05, 3.63) is 71.3 Å². The molecule has 0 fully saturated rings. The molecule has 0 aliphatic heterocycles. The topological polar surface area (TPSA) is 73.6 Å². The van der Waals surface area contributed by atoms with Gasteiger partial charge in [-0.25, -0.2) is 0 Å². The van der Waals surface area contributed by atoms with Crippen molar-refractivity contribution < 1.29 is 14.3 Å². The number of carbonyl (C=O) groups is 1. The second-order valence-electron chi connectivity index (χ2n) is 5.58. The normalized spacial score (nSPS) is 11.9. The van der Waals surface area contributed by atoms with Crippen molar-refractivity contribution in [1.82, 2.24) is 5.32 Å². The van der Waals surface area contributed by atoms with Crippen LogP contribution in [0.2, 0.25) is 0 Å². The first-order chi connectivity index (χ1) is 11.7. The summed E-state index contributed by atoms with van der Waals surface area (Å²) in [7, 11) is 1.52. The third-order valence-corrected chi connectivity index (χ3v) is 3.52. The van der Waals surface area contributed by atoms with Crippen molar-refractivity contribution in [2.75, 3.05) is 13.7 Å². The average Bonchev–Trinajstić information content (AvgIpc) is 2.61. The maximum atomic E-state index is 11.8. The molecular weight excluding hydrogens is 304 g/mol. The molecule has 3 N–H and O–H groups in total. The summed E-state index contributed by atoms with van der Waals surface area (Å²) in [5, 5.41) is 2.81. The van der Waals surface area contributed by atoms with Crippen LogP contribution < -0.4 is 11.1 Å². The van der Waals surface area contributed by atoms with Crippen LogP contribution in [0.4, 0.5) is 0 Å². The Morgan fingerprint density at radius 1 is 1.04 bits per heavy atom. The van der Waals surface area contributed by atoms with Crippen molar-refractivity contribution >= 4 is 5.91 Å². The van der Waals surface area contributed by atoms with Gasteiger partial charge in [0.1, 0.15) is 6.04 Å². The molecule has 2 rings (SSSR count). The number of hydrogen-bond acceptors (Lipinski definition) is 4. The summed E-state index contributed by atoms with van der Waals surface area (Å²) in [6.45, 7) is 1.75. The number of rotatable bonds is 9. The van der Waals surface area contributed by atoms with Gasteiger partial charge in [0.05, 0.1) is 19.8 Å². The molecule has 2 aromatic rings. The van der Waals surface area contributed by atoms with Crippen LogP contribution in [0.5, 0.6) is 0 Å². The van der Waals surface area contributed by atoms with E-state index in [0.717, 1.165) is 16.7 Å². The van der Waals surface area contributed by atoms with Gasteiger partial charge in [-0.05, 0) is 16.7 Å². The number of carbonyl (C=O) groups excluding carboxylic acids is 1. The molecule has 1 amide bonds. The first kappa shape index (κ1) is 18.1. The van der Waals surface area contributed by atoms with Gasteiger partial charge in [-0.15, -0.1) is 0 Å². The molecule has 0 radical (unpaired) electrons. The molecule has 0 saturated heterocycles. The van der Waals surface area contributed by atoms with E-state index in [1.54, 1.807) is 0 Å². The molecule has 1 atom stereocenters. The van der Waals surface area contributed by atoms with E-state index < -0.39 is 6.04 Å². The third kappa shape index (κ3) is 6.12. The molecule has 0 spiro atoms. The lowest BCUT2D eigenvalue weighted by atomic mass is 10.1. The highest BCUT2D eigenvalue weighted by atomic mass is 16.5. The first-order valence-electron chi connectivity index (χ1n) is 7.90. The van der Waals surface area contributed by atoms with E-state index in [1.165, 1.54) is 7.11 Å². The van der Waals surface area contributed by atoms with E-state index in [0.29, 0.717) is 19.8 Å². The molecule has 0 aliphatic rings. The van der Waals surface area contributed by atoms with Gasteiger partial charge in [0.25, 0.3) is 0 Å². The maximum absolute atomic E-state index is 11.8. The van der Waals surface area contributed by atoms with Gasteiger partial charge < -0.3 is 20.5 Å². The Kier molecular flexibility index (Phi) is 7.42. The minimum atomic E-state index is -0.646. The fraction of sp³-hybridized carbons (Fsp3) is 0.316. The van der Waals surface area contributed by atoms with Gasteiger partial charge >= 0.3 is 0 Å². The summed E-state index contributed by atoms with van der Waals surface area (Å²) in [6.07, 6.45) is 0. The Balaban J connectivity index is 1.79. The predicted molar refractivity (Wildman–Crippen MR) is 93.1 cm³/mol. The molecule has 0 aliphatic carbocycles. The summed E-state index contributed by atoms with van der Waals surface area (Å²) in [5.41, 5.74) is 8.91. The Bertz CT molecular complexity index is 632. The van der Waals surface area contributed by atoms with Gasteiger partial charge in [0.15, 0.2) is 0 Å². The Labute approximate surface area is 142 Å². The lowest BCUT2D eigenvalue weighted by Crippen LogP contribution is -2.43. The van der Waals surface area contributed by atoms with Gasteiger partial charge in [0.2, 0.25) is 5.91 Å². The predicted octanol–water partition coefficient (Wildman–Crippen LogP) is 1.99. The van der Waals surface area contributed by atoms with Crippen molar-refractivity contribution in [3.8, 4) is 0 Å². The largest absolute Gasteiger partial charge is 0.383 e. The van der Waals surface area contributed by atoms with Crippen LogP contribution in [0.3, 0.4) is 0 Å². The highest BCUT2D eigenvalue weighted by molar-refractivity contribution is 5.81. The molecule has 0 aromatic heterocycles. The number of nitrogens with two attached hydrogens (primary N) is 1. The number of hydrogen-bond donors (Lipinski definition) is 2. The van der Waals surface area contributed by atoms with Crippen LogP contribution in [0.1, 0.15) is 16.7 Å². The van der Waals surface area contributed by atoms with Crippen LogP contribution in [-0.4, -0.2) is 25.7 Å². The monoisotopic (exact) mass is 328 g/mol. The summed E-state index contributed by atoms with van der Waals surface area (Å²) >= 11 is 0. The van der Waals surface area contributed by atoms with Crippen LogP contribution in [-0.2, 0) is 34.0 Å². The zero-order valence-electron chi connectivity index (χ0n) is 13.9. The summed E-state index contributed by atoms with van der Waals surface area (Å²) < 4.78 is 10.6. The highest BCUT2D eigenvalue weighted by Crippen LogP contribution is 2.09. The molecule has 2 aromatic carbocycles. The van der Waals surface area contributed by atoms with E-state index in [2.05, 4.69) is 5.32 Å².